The van der Waals surface area contributed by atoms with E-state index in [2.05, 4.69) is 30.7 Å². The Morgan fingerprint density at radius 3 is 1.56 bits per heavy atom. The van der Waals surface area contributed by atoms with E-state index < -0.39 is 0 Å². The number of halogens is 2. The van der Waals surface area contributed by atoms with Crippen molar-refractivity contribution in [1.82, 2.24) is 10.2 Å². The molecule has 0 aliphatic carbocycles. The van der Waals surface area contributed by atoms with E-state index in [0.29, 0.717) is 32.7 Å². The number of aromatic hydroxyl groups is 2. The highest BCUT2D eigenvalue weighted by Gasteiger charge is 2.11. The lowest BCUT2D eigenvalue weighted by Crippen LogP contribution is -1.85. The summed E-state index contributed by atoms with van der Waals surface area (Å²) in [6, 6.07) is 22.3. The van der Waals surface area contributed by atoms with Crippen LogP contribution in [0.15, 0.2) is 99.3 Å². The van der Waals surface area contributed by atoms with Crippen LogP contribution in [0.5, 0.6) is 23.0 Å². The van der Waals surface area contributed by atoms with E-state index in [1.54, 1.807) is 78.9 Å². The second-order valence-electron chi connectivity index (χ2n) is 9.45. The number of aromatic nitrogens is 2. The van der Waals surface area contributed by atoms with Crippen LogP contribution in [0.4, 0.5) is 22.7 Å². The number of azo groups is 2. The van der Waals surface area contributed by atoms with E-state index >= 15 is 0 Å². The van der Waals surface area contributed by atoms with Crippen molar-refractivity contribution in [2.45, 2.75) is 0 Å². The lowest BCUT2D eigenvalue weighted by Gasteiger charge is -2.07. The molecule has 1 heterocycles. The van der Waals surface area contributed by atoms with Crippen molar-refractivity contribution in [2.75, 3.05) is 14.2 Å². The second-order valence-corrected chi connectivity index (χ2v) is 10.3. The predicted octanol–water partition coefficient (Wildman–Crippen LogP) is 10.3. The molecule has 0 atom stereocenters. The number of methoxy groups -OCH3 is 2. The molecule has 226 valence electrons. The van der Waals surface area contributed by atoms with E-state index in [1.165, 1.54) is 14.2 Å². The van der Waals surface area contributed by atoms with Crippen molar-refractivity contribution in [3.8, 4) is 23.0 Å². The maximum atomic E-state index is 10.5. The molecule has 10 nitrogen and oxygen atoms in total. The zero-order chi connectivity index (χ0) is 31.8. The Morgan fingerprint density at radius 1 is 0.622 bits per heavy atom. The van der Waals surface area contributed by atoms with E-state index in [9.17, 15) is 10.2 Å². The highest BCUT2D eigenvalue weighted by atomic mass is 35.5. The van der Waals surface area contributed by atoms with E-state index in [-0.39, 0.29) is 34.4 Å². The predicted molar refractivity (Wildman–Crippen MR) is 177 cm³/mol. The fourth-order valence-corrected chi connectivity index (χ4v) is 4.27. The molecule has 3 N–H and O–H groups in total. The standard InChI is InChI=1S/C33H26Cl2N6O4/c1-44-30-17-20(15-28(32(30)42)40-36-24-11-5-22(34)6-12-24)3-9-26-19-27(39-38-26)10-4-21-16-29(33(43)31(18-21)45-2)41-37-25-13-7-23(35)8-14-25/h3-19,42-43H,1-2H3,(H,38,39)/b9-3+,10-4+,40-36?,41-37?. The fourth-order valence-electron chi connectivity index (χ4n) is 4.01. The molecule has 0 saturated heterocycles. The Labute approximate surface area is 268 Å². The van der Waals surface area contributed by atoms with Gasteiger partial charge in [0.15, 0.2) is 23.0 Å². The summed E-state index contributed by atoms with van der Waals surface area (Å²) in [5.41, 5.74) is 4.48. The molecule has 12 heteroatoms. The summed E-state index contributed by atoms with van der Waals surface area (Å²) in [7, 11) is 2.93. The summed E-state index contributed by atoms with van der Waals surface area (Å²) >= 11 is 11.9. The van der Waals surface area contributed by atoms with Gasteiger partial charge in [0.05, 0.1) is 37.0 Å². The molecule has 0 amide bonds. The number of ether oxygens (including phenoxy) is 2. The Hall–Kier alpha value is -5.45. The Bertz CT molecular complexity index is 1780. The van der Waals surface area contributed by atoms with Crippen molar-refractivity contribution in [3.05, 3.63) is 111 Å². The highest BCUT2D eigenvalue weighted by molar-refractivity contribution is 6.30. The first-order chi connectivity index (χ1) is 21.8. The van der Waals surface area contributed by atoms with Gasteiger partial charge >= 0.3 is 0 Å². The average Bonchev–Trinajstić information content (AvgIpc) is 3.51. The van der Waals surface area contributed by atoms with Crippen LogP contribution in [0, 0.1) is 0 Å². The SMILES string of the molecule is COc1cc(/C=C/c2cc(/C=C/c3cc(N=Nc4ccc(Cl)cc4)c(O)c(OC)c3)[nH]n2)cc(N=Nc2ccc(Cl)cc2)c1O. The number of hydrogen-bond donors (Lipinski definition) is 3. The van der Waals surface area contributed by atoms with Gasteiger partial charge in [-0.3, -0.25) is 5.10 Å². The number of nitrogens with zero attached hydrogens (tertiary/aromatic N) is 5. The lowest BCUT2D eigenvalue weighted by atomic mass is 10.1. The quantitative estimate of drug-likeness (QED) is 0.130. The minimum absolute atomic E-state index is 0.123. The summed E-state index contributed by atoms with van der Waals surface area (Å²) in [5, 5.41) is 46.3. The van der Waals surface area contributed by atoms with Gasteiger partial charge in [-0.25, -0.2) is 0 Å². The topological polar surface area (TPSA) is 137 Å². The van der Waals surface area contributed by atoms with E-state index in [1.807, 2.05) is 24.3 Å². The molecule has 0 bridgehead atoms. The molecule has 5 rings (SSSR count). The number of benzene rings is 4. The van der Waals surface area contributed by atoms with Crippen molar-refractivity contribution in [2.24, 2.45) is 20.5 Å². The number of phenols is 2. The fraction of sp³-hybridized carbons (Fsp3) is 0.0606. The van der Waals surface area contributed by atoms with Crippen molar-refractivity contribution < 1.29 is 19.7 Å². The Morgan fingerprint density at radius 2 is 1.09 bits per heavy atom. The molecule has 4 aromatic carbocycles. The van der Waals surface area contributed by atoms with Crippen molar-refractivity contribution >= 4 is 70.3 Å². The first-order valence-corrected chi connectivity index (χ1v) is 14.1. The van der Waals surface area contributed by atoms with E-state index in [4.69, 9.17) is 32.7 Å². The van der Waals surface area contributed by atoms with Crippen LogP contribution in [-0.2, 0) is 0 Å². The molecule has 0 fully saturated rings. The number of nitrogens with one attached hydrogen (secondary N) is 1. The molecular weight excluding hydrogens is 615 g/mol. The third-order valence-electron chi connectivity index (χ3n) is 6.31. The van der Waals surface area contributed by atoms with Gasteiger partial charge in [-0.1, -0.05) is 35.4 Å². The monoisotopic (exact) mass is 640 g/mol. The smallest absolute Gasteiger partial charge is 0.185 e. The van der Waals surface area contributed by atoms with Crippen LogP contribution in [0.3, 0.4) is 0 Å². The molecule has 0 spiro atoms. The first-order valence-electron chi connectivity index (χ1n) is 13.4. The molecule has 1 aromatic heterocycles. The molecular formula is C33H26Cl2N6O4. The third-order valence-corrected chi connectivity index (χ3v) is 6.82. The van der Waals surface area contributed by atoms with Gasteiger partial charge in [-0.15, -0.1) is 10.2 Å². The summed E-state index contributed by atoms with van der Waals surface area (Å²) in [5.74, 6) is 0.262. The van der Waals surface area contributed by atoms with Crippen LogP contribution in [0.1, 0.15) is 22.5 Å². The maximum Gasteiger partial charge on any atom is 0.185 e. The number of aromatic amines is 1. The molecule has 0 aliphatic heterocycles. The van der Waals surface area contributed by atoms with Crippen molar-refractivity contribution in [3.63, 3.8) is 0 Å². The summed E-state index contributed by atoms with van der Waals surface area (Å²) in [4.78, 5) is 0. The van der Waals surface area contributed by atoms with Gasteiger partial charge in [0.1, 0.15) is 11.4 Å². The van der Waals surface area contributed by atoms with Gasteiger partial charge in [0.2, 0.25) is 0 Å². The van der Waals surface area contributed by atoms with Gasteiger partial charge in [0.25, 0.3) is 0 Å². The van der Waals surface area contributed by atoms with Gasteiger partial charge < -0.3 is 19.7 Å². The summed E-state index contributed by atoms with van der Waals surface area (Å²) in [6.45, 7) is 0. The molecule has 0 saturated carbocycles. The number of hydrogen-bond acceptors (Lipinski definition) is 9. The van der Waals surface area contributed by atoms with Crippen LogP contribution in [0.2, 0.25) is 10.0 Å². The number of rotatable bonds is 10. The van der Waals surface area contributed by atoms with Crippen LogP contribution >= 0.6 is 23.2 Å². The Kier molecular flexibility index (Phi) is 9.88. The van der Waals surface area contributed by atoms with Crippen LogP contribution < -0.4 is 9.47 Å². The van der Waals surface area contributed by atoms with E-state index in [0.717, 1.165) is 11.3 Å². The molecule has 45 heavy (non-hydrogen) atoms. The largest absolute Gasteiger partial charge is 0.503 e. The number of phenolic OH excluding ortho intramolecular Hbond substituents is 2. The maximum absolute atomic E-state index is 10.5. The van der Waals surface area contributed by atoms with Crippen LogP contribution in [-0.4, -0.2) is 34.6 Å². The van der Waals surface area contributed by atoms with Gasteiger partial charge in [-0.05, 0) is 102 Å². The Balaban J connectivity index is 1.32. The normalized spacial score (nSPS) is 11.8. The molecule has 5 aromatic rings. The number of H-pyrrole nitrogens is 1. The van der Waals surface area contributed by atoms with Crippen LogP contribution in [0.25, 0.3) is 24.3 Å². The zero-order valence-electron chi connectivity index (χ0n) is 24.0. The summed E-state index contributed by atoms with van der Waals surface area (Å²) in [6.07, 6.45) is 7.27. The minimum Gasteiger partial charge on any atom is -0.503 e. The third kappa shape index (κ3) is 8.14. The average molecular weight is 642 g/mol. The minimum atomic E-state index is -0.125. The lowest BCUT2D eigenvalue weighted by molar-refractivity contribution is 0.374. The molecule has 0 radical (unpaired) electrons. The van der Waals surface area contributed by atoms with Gasteiger partial charge in [-0.2, -0.15) is 15.3 Å². The highest BCUT2D eigenvalue weighted by Crippen LogP contribution is 2.40. The molecule has 0 unspecified atom stereocenters. The zero-order valence-corrected chi connectivity index (χ0v) is 25.5. The first kappa shape index (κ1) is 31.0. The van der Waals surface area contributed by atoms with Gasteiger partial charge in [0, 0.05) is 10.0 Å². The van der Waals surface area contributed by atoms with Crippen molar-refractivity contribution in [1.29, 1.82) is 0 Å². The molecule has 0 aliphatic rings. The second kappa shape index (κ2) is 14.3. The summed E-state index contributed by atoms with van der Waals surface area (Å²) < 4.78 is 10.6.